The lowest BCUT2D eigenvalue weighted by molar-refractivity contribution is 0.0497. The monoisotopic (exact) mass is 259 g/mol. The van der Waals surface area contributed by atoms with E-state index in [0.717, 1.165) is 32.6 Å². The van der Waals surface area contributed by atoms with Crippen LogP contribution in [-0.2, 0) is 4.74 Å². The van der Waals surface area contributed by atoms with Crippen molar-refractivity contribution in [3.05, 3.63) is 29.6 Å². The Balaban J connectivity index is 1.99. The van der Waals surface area contributed by atoms with Gasteiger partial charge in [0.1, 0.15) is 6.07 Å². The molecule has 1 saturated heterocycles. The van der Waals surface area contributed by atoms with E-state index in [4.69, 9.17) is 10.00 Å². The number of nitrogens with zero attached hydrogens (tertiary/aromatic N) is 3. The van der Waals surface area contributed by atoms with Crippen molar-refractivity contribution in [1.29, 1.82) is 5.26 Å². The number of carbonyl (C=O) groups excluding carboxylic acids is 1. The highest BCUT2D eigenvalue weighted by atomic mass is 16.5. The van der Waals surface area contributed by atoms with Crippen LogP contribution in [0.15, 0.2) is 18.5 Å². The van der Waals surface area contributed by atoms with Gasteiger partial charge in [0.05, 0.1) is 11.1 Å². The molecule has 0 radical (unpaired) electrons. The van der Waals surface area contributed by atoms with Gasteiger partial charge >= 0.3 is 0 Å². The van der Waals surface area contributed by atoms with E-state index in [1.165, 1.54) is 12.4 Å². The summed E-state index contributed by atoms with van der Waals surface area (Å²) in [6.07, 6.45) is 4.95. The zero-order valence-corrected chi connectivity index (χ0v) is 11.0. The summed E-state index contributed by atoms with van der Waals surface area (Å²) in [6, 6.07) is 3.57. The maximum Gasteiger partial charge on any atom is 0.255 e. The Morgan fingerprint density at radius 1 is 1.53 bits per heavy atom. The summed E-state index contributed by atoms with van der Waals surface area (Å²) in [6.45, 7) is 2.27. The molecule has 1 aromatic heterocycles. The lowest BCUT2D eigenvalue weighted by atomic mass is 9.99. The molecular weight excluding hydrogens is 242 g/mol. The van der Waals surface area contributed by atoms with E-state index in [2.05, 4.69) is 4.98 Å². The van der Waals surface area contributed by atoms with Gasteiger partial charge in [-0.05, 0) is 24.8 Å². The topological polar surface area (TPSA) is 66.2 Å². The number of pyridine rings is 1. The van der Waals surface area contributed by atoms with Crippen LogP contribution in [-0.4, -0.2) is 42.6 Å². The summed E-state index contributed by atoms with van der Waals surface area (Å²) in [5.74, 6) is 0.408. The molecule has 0 spiro atoms. The number of nitriles is 1. The second kappa shape index (κ2) is 6.30. The van der Waals surface area contributed by atoms with Gasteiger partial charge in [0.25, 0.3) is 5.91 Å². The third kappa shape index (κ3) is 3.52. The normalized spacial score (nSPS) is 15.8. The molecule has 2 rings (SSSR count). The quantitative estimate of drug-likeness (QED) is 0.824. The van der Waals surface area contributed by atoms with Crippen molar-refractivity contribution in [2.45, 2.75) is 12.8 Å². The molecule has 0 aliphatic carbocycles. The fraction of sp³-hybridized carbons (Fsp3) is 0.500. The first-order valence-corrected chi connectivity index (χ1v) is 6.39. The van der Waals surface area contributed by atoms with E-state index in [0.29, 0.717) is 17.0 Å². The summed E-state index contributed by atoms with van der Waals surface area (Å²) in [5.41, 5.74) is 0.874. The highest BCUT2D eigenvalue weighted by molar-refractivity contribution is 5.94. The van der Waals surface area contributed by atoms with Crippen molar-refractivity contribution in [3.63, 3.8) is 0 Å². The van der Waals surface area contributed by atoms with Crippen LogP contribution in [0.3, 0.4) is 0 Å². The second-order valence-corrected chi connectivity index (χ2v) is 4.82. The molecule has 1 fully saturated rings. The van der Waals surface area contributed by atoms with Gasteiger partial charge in [-0.1, -0.05) is 0 Å². The van der Waals surface area contributed by atoms with E-state index in [9.17, 15) is 4.79 Å². The number of hydrogen-bond acceptors (Lipinski definition) is 4. The van der Waals surface area contributed by atoms with Gasteiger partial charge in [0, 0.05) is 39.2 Å². The summed E-state index contributed by atoms with van der Waals surface area (Å²) in [7, 11) is 1.79. The average molecular weight is 259 g/mol. The first-order chi connectivity index (χ1) is 9.20. The molecule has 5 nitrogen and oxygen atoms in total. The molecule has 0 N–H and O–H groups in total. The Labute approximate surface area is 112 Å². The fourth-order valence-corrected chi connectivity index (χ4v) is 2.24. The number of aromatic nitrogens is 1. The predicted octanol–water partition coefficient (Wildman–Crippen LogP) is 1.45. The summed E-state index contributed by atoms with van der Waals surface area (Å²) >= 11 is 0. The number of carbonyl (C=O) groups is 1. The molecule has 1 aromatic rings. The SMILES string of the molecule is CN(CC1CCOCC1)C(=O)c1cncc(C#N)c1. The smallest absolute Gasteiger partial charge is 0.255 e. The van der Waals surface area contributed by atoms with Gasteiger partial charge in [0.2, 0.25) is 0 Å². The molecule has 1 amide bonds. The molecule has 100 valence electrons. The van der Waals surface area contributed by atoms with E-state index < -0.39 is 0 Å². The minimum Gasteiger partial charge on any atom is -0.381 e. The Bertz CT molecular complexity index is 490. The van der Waals surface area contributed by atoms with Crippen LogP contribution in [0.2, 0.25) is 0 Å². The standard InChI is InChI=1S/C14H17N3O2/c1-17(10-11-2-4-19-5-3-11)14(18)13-6-12(7-15)8-16-9-13/h6,8-9,11H,2-5,10H2,1H3. The Hall–Kier alpha value is -1.93. The summed E-state index contributed by atoms with van der Waals surface area (Å²) in [4.78, 5) is 17.9. The summed E-state index contributed by atoms with van der Waals surface area (Å²) in [5, 5.41) is 8.81. The zero-order valence-electron chi connectivity index (χ0n) is 11.0. The molecule has 0 aromatic carbocycles. The highest BCUT2D eigenvalue weighted by Gasteiger charge is 2.19. The van der Waals surface area contributed by atoms with Gasteiger partial charge < -0.3 is 9.64 Å². The lowest BCUT2D eigenvalue weighted by Gasteiger charge is -2.27. The van der Waals surface area contributed by atoms with Crippen LogP contribution < -0.4 is 0 Å². The van der Waals surface area contributed by atoms with Gasteiger partial charge in [-0.2, -0.15) is 5.26 Å². The first-order valence-electron chi connectivity index (χ1n) is 6.39. The van der Waals surface area contributed by atoms with Crippen molar-refractivity contribution in [1.82, 2.24) is 9.88 Å². The lowest BCUT2D eigenvalue weighted by Crippen LogP contribution is -2.34. The molecule has 1 aliphatic rings. The Morgan fingerprint density at radius 3 is 2.95 bits per heavy atom. The number of amides is 1. The minimum atomic E-state index is -0.0870. The predicted molar refractivity (Wildman–Crippen MR) is 69.5 cm³/mol. The van der Waals surface area contributed by atoms with Crippen LogP contribution in [0.5, 0.6) is 0 Å². The van der Waals surface area contributed by atoms with Crippen molar-refractivity contribution in [2.75, 3.05) is 26.8 Å². The van der Waals surface area contributed by atoms with Crippen LogP contribution in [0, 0.1) is 17.2 Å². The Kier molecular flexibility index (Phi) is 4.48. The van der Waals surface area contributed by atoms with Crippen LogP contribution >= 0.6 is 0 Å². The molecule has 19 heavy (non-hydrogen) atoms. The molecular formula is C14H17N3O2. The molecule has 5 heteroatoms. The van der Waals surface area contributed by atoms with E-state index in [1.54, 1.807) is 18.0 Å². The number of ether oxygens (including phenoxy) is 1. The van der Waals surface area contributed by atoms with Gasteiger partial charge in [-0.25, -0.2) is 0 Å². The van der Waals surface area contributed by atoms with Crippen molar-refractivity contribution < 1.29 is 9.53 Å². The van der Waals surface area contributed by atoms with Gasteiger partial charge in [-0.3, -0.25) is 9.78 Å². The maximum atomic E-state index is 12.2. The van der Waals surface area contributed by atoms with Crippen molar-refractivity contribution >= 4 is 5.91 Å². The largest absolute Gasteiger partial charge is 0.381 e. The van der Waals surface area contributed by atoms with E-state index in [-0.39, 0.29) is 5.91 Å². The average Bonchev–Trinajstić information content (AvgIpc) is 2.47. The van der Waals surface area contributed by atoms with Crippen LogP contribution in [0.1, 0.15) is 28.8 Å². The zero-order chi connectivity index (χ0) is 13.7. The van der Waals surface area contributed by atoms with E-state index in [1.807, 2.05) is 6.07 Å². The fourth-order valence-electron chi connectivity index (χ4n) is 2.24. The van der Waals surface area contributed by atoms with Gasteiger partial charge in [-0.15, -0.1) is 0 Å². The molecule has 2 heterocycles. The second-order valence-electron chi connectivity index (χ2n) is 4.82. The van der Waals surface area contributed by atoms with Gasteiger partial charge in [0.15, 0.2) is 0 Å². The van der Waals surface area contributed by atoms with Crippen LogP contribution in [0.25, 0.3) is 0 Å². The third-order valence-corrected chi connectivity index (χ3v) is 3.33. The first kappa shape index (κ1) is 13.5. The maximum absolute atomic E-state index is 12.2. The minimum absolute atomic E-state index is 0.0870. The van der Waals surface area contributed by atoms with Crippen molar-refractivity contribution in [2.24, 2.45) is 5.92 Å². The van der Waals surface area contributed by atoms with E-state index >= 15 is 0 Å². The highest BCUT2D eigenvalue weighted by Crippen LogP contribution is 2.16. The molecule has 0 saturated carbocycles. The number of hydrogen-bond donors (Lipinski definition) is 0. The molecule has 1 aliphatic heterocycles. The number of rotatable bonds is 3. The summed E-state index contributed by atoms with van der Waals surface area (Å²) < 4.78 is 5.31. The molecule has 0 bridgehead atoms. The van der Waals surface area contributed by atoms with Crippen LogP contribution in [0.4, 0.5) is 0 Å². The molecule has 0 unspecified atom stereocenters. The van der Waals surface area contributed by atoms with Crippen molar-refractivity contribution in [3.8, 4) is 6.07 Å². The molecule has 0 atom stereocenters. The third-order valence-electron chi connectivity index (χ3n) is 3.33. The Morgan fingerprint density at radius 2 is 2.26 bits per heavy atom.